The summed E-state index contributed by atoms with van der Waals surface area (Å²) in [5.74, 6) is -11.8. The first-order valence-electron chi connectivity index (χ1n) is 38.3. The molecule has 25 N–H and O–H groups in total. The molecule has 0 saturated carbocycles. The average molecular weight is 1630 g/mol. The van der Waals surface area contributed by atoms with Crippen LogP contribution in [0.1, 0.15) is 113 Å². The molecule has 39 heteroatoms. The zero-order valence-electron chi connectivity index (χ0n) is 65.8. The van der Waals surface area contributed by atoms with Crippen LogP contribution in [0.2, 0.25) is 0 Å². The van der Waals surface area contributed by atoms with Gasteiger partial charge < -0.3 is 113 Å². The Labute approximate surface area is 675 Å². The van der Waals surface area contributed by atoms with Gasteiger partial charge in [-0.2, -0.15) is 9.78 Å². The second-order valence-corrected chi connectivity index (χ2v) is 29.2. The number of rotatable bonds is 34. The van der Waals surface area contributed by atoms with Crippen molar-refractivity contribution >= 4 is 118 Å². The Morgan fingerprint density at radius 3 is 1.78 bits per heavy atom. The lowest BCUT2D eigenvalue weighted by Gasteiger charge is -2.29. The zero-order chi connectivity index (χ0) is 85.1. The standard InChI is InChI=1S/C77H110N22O16S/c1-43(2)40-58-73(111)90-53(26-32-79)67(105)89-56(29-35-82)72(110)95-64(44(3)100)75(113)86-37-30-57(70(108)88-54(27-33-80)69(107)94-59(74(112)93-58)41-46-14-8-7-9-15-46)91-68(106)55(28-34-81)92-76(114)65(45(4)101)96-71(109)52(25-31-78)87-63(103)24-23-62(102)85-38-39-98(6)77(115)99-60-42-48(116-61-18-11-10-17-50(61)66(104)83-5)20-21-49(60)51(97-99)22-19-47-16-12-13-36-84-47/h7-22,36,42-45,52-59,64-65,100-101H,23-35,37-41,78-82H2,1-6H3,(H,83,104)(H,85,102)(H,86,113)(H,87,103)(H,88,108)(H,89,105)(H,90,111)(H,91,106)(H,92,114)(H,93,112)(H,94,107)(H,95,110)(H,96,109)/b22-19+/t44-,45-,52+,53+,54+,55+,56+,57+,58+,59-,64+,65+/m1/s1. The van der Waals surface area contributed by atoms with Crippen molar-refractivity contribution in [3.8, 4) is 0 Å². The molecule has 0 radical (unpaired) electrons. The van der Waals surface area contributed by atoms with Gasteiger partial charge in [0.2, 0.25) is 70.9 Å². The Balaban J connectivity index is 1.15. The minimum atomic E-state index is -1.85. The van der Waals surface area contributed by atoms with Crippen LogP contribution in [0.5, 0.6) is 0 Å². The van der Waals surface area contributed by atoms with Gasteiger partial charge in [0.15, 0.2) is 0 Å². The van der Waals surface area contributed by atoms with Crippen LogP contribution >= 0.6 is 11.8 Å². The number of nitrogens with two attached hydrogens (primary N) is 5. The number of carbonyl (C=O) groups excluding carboxylic acids is 14. The van der Waals surface area contributed by atoms with E-state index >= 15 is 0 Å². The molecule has 630 valence electrons. The second-order valence-electron chi connectivity index (χ2n) is 28.1. The molecule has 0 bridgehead atoms. The van der Waals surface area contributed by atoms with Crippen LogP contribution in [0, 0.1) is 5.92 Å². The third-order valence-electron chi connectivity index (χ3n) is 18.4. The van der Waals surface area contributed by atoms with E-state index in [1.165, 1.54) is 42.4 Å². The van der Waals surface area contributed by atoms with Crippen molar-refractivity contribution in [1.29, 1.82) is 0 Å². The average Bonchev–Trinajstić information content (AvgIpc) is 1.63. The fraction of sp³-hybridized carbons (Fsp3) is 0.481. The van der Waals surface area contributed by atoms with Crippen molar-refractivity contribution in [2.24, 2.45) is 34.6 Å². The lowest BCUT2D eigenvalue weighted by atomic mass is 10.00. The highest BCUT2D eigenvalue weighted by Crippen LogP contribution is 2.34. The van der Waals surface area contributed by atoms with Crippen LogP contribution in [0.25, 0.3) is 23.1 Å². The van der Waals surface area contributed by atoms with E-state index in [4.69, 9.17) is 28.7 Å². The summed E-state index contributed by atoms with van der Waals surface area (Å²) >= 11 is 1.32. The third-order valence-corrected chi connectivity index (χ3v) is 19.5. The lowest BCUT2D eigenvalue weighted by molar-refractivity contribution is -0.137. The van der Waals surface area contributed by atoms with Gasteiger partial charge in [-0.05, 0) is 158 Å². The van der Waals surface area contributed by atoms with Gasteiger partial charge in [-0.1, -0.05) is 74.1 Å². The summed E-state index contributed by atoms with van der Waals surface area (Å²) in [6.45, 7) is 4.22. The van der Waals surface area contributed by atoms with E-state index in [0.29, 0.717) is 43.2 Å². The fourth-order valence-corrected chi connectivity index (χ4v) is 13.1. The maximum atomic E-state index is 14.7. The molecule has 1 aliphatic heterocycles. The number of aromatic nitrogens is 3. The van der Waals surface area contributed by atoms with Crippen molar-refractivity contribution in [1.82, 2.24) is 88.8 Å². The van der Waals surface area contributed by atoms with E-state index in [0.717, 1.165) is 6.92 Å². The Bertz CT molecular complexity index is 4230. The highest BCUT2D eigenvalue weighted by molar-refractivity contribution is 7.99. The van der Waals surface area contributed by atoms with Crippen molar-refractivity contribution in [3.63, 3.8) is 0 Å². The van der Waals surface area contributed by atoms with Gasteiger partial charge in [0.25, 0.3) is 5.91 Å². The fourth-order valence-electron chi connectivity index (χ4n) is 12.2. The Morgan fingerprint density at radius 2 is 1.19 bits per heavy atom. The molecule has 0 spiro atoms. The molecule has 2 aromatic heterocycles. The van der Waals surface area contributed by atoms with Gasteiger partial charge in [-0.25, -0.2) is 4.79 Å². The monoisotopic (exact) mass is 1630 g/mol. The summed E-state index contributed by atoms with van der Waals surface area (Å²) in [5, 5.41) is 60.3. The van der Waals surface area contributed by atoms with Gasteiger partial charge in [0.1, 0.15) is 60.4 Å². The normalized spacial score (nSPS) is 19.5. The SMILES string of the molecule is CNC(=O)c1ccccc1Sc1ccc2c(/C=C/c3ccccn3)nn(C(=O)N(C)CCNC(=O)CCC(=O)N[C@@H](CCN)C(=O)N[C@H](C(=O)N[C@@H](CCN)C(=O)N[C@H]3CCNC(=O)[C@H]([C@@H](C)O)NC(=O)[C@H](CCN)NC(=O)[C@H](CCN)NC(=O)[C@H](CC(C)C)NC(=O)[C@@H](Cc4ccccc4)NC(=O)[C@H](CCN)NC3=O)[C@@H](C)O)c2c1. The molecule has 1 aliphatic rings. The van der Waals surface area contributed by atoms with Crippen molar-refractivity contribution in [2.45, 2.75) is 174 Å². The maximum Gasteiger partial charge on any atom is 0.345 e. The minimum absolute atomic E-state index is 0.0152. The number of likely N-dealkylation sites (N-methyl/N-ethyl adjacent to an activating group) is 1. The smallest absolute Gasteiger partial charge is 0.345 e. The summed E-state index contributed by atoms with van der Waals surface area (Å²) in [5.41, 5.74) is 32.2. The number of carbonyl (C=O) groups is 14. The first kappa shape index (κ1) is 93.5. The van der Waals surface area contributed by atoms with Crippen molar-refractivity contribution in [3.05, 3.63) is 120 Å². The number of aliphatic hydroxyl groups excluding tert-OH is 2. The molecule has 12 atom stereocenters. The molecule has 3 heterocycles. The number of fused-ring (bicyclic) bond motifs is 1. The number of nitrogens with one attached hydrogen (secondary N) is 13. The number of hydrogen-bond acceptors (Lipinski definition) is 24. The Kier molecular flexibility index (Phi) is 38.3. The highest BCUT2D eigenvalue weighted by Gasteiger charge is 2.38. The molecule has 0 unspecified atom stereocenters. The van der Waals surface area contributed by atoms with Gasteiger partial charge >= 0.3 is 6.03 Å². The summed E-state index contributed by atoms with van der Waals surface area (Å²) in [7, 11) is 3.05. The summed E-state index contributed by atoms with van der Waals surface area (Å²) in [6, 6.07) is 10.2. The maximum absolute atomic E-state index is 14.7. The number of hydrogen-bond donors (Lipinski definition) is 20. The van der Waals surface area contributed by atoms with Crippen molar-refractivity contribution < 1.29 is 77.3 Å². The van der Waals surface area contributed by atoms with Crippen LogP contribution in [-0.4, -0.2) is 252 Å². The van der Waals surface area contributed by atoms with Gasteiger partial charge in [0.05, 0.1) is 34.7 Å². The zero-order valence-corrected chi connectivity index (χ0v) is 66.6. The van der Waals surface area contributed by atoms with Gasteiger partial charge in [0, 0.05) is 74.4 Å². The number of pyridine rings is 1. The molecular weight excluding hydrogens is 1520 g/mol. The predicted molar refractivity (Wildman–Crippen MR) is 431 cm³/mol. The summed E-state index contributed by atoms with van der Waals surface area (Å²) in [6.07, 6.45) is -0.895. The molecule has 116 heavy (non-hydrogen) atoms. The molecule has 38 nitrogen and oxygen atoms in total. The first-order valence-corrected chi connectivity index (χ1v) is 39.1. The molecule has 1 saturated heterocycles. The number of benzene rings is 3. The number of amides is 14. The van der Waals surface area contributed by atoms with E-state index < -0.39 is 169 Å². The van der Waals surface area contributed by atoms with E-state index in [9.17, 15) is 77.3 Å². The molecule has 3 aromatic carbocycles. The van der Waals surface area contributed by atoms with Crippen LogP contribution in [-0.2, 0) is 64.0 Å². The van der Waals surface area contributed by atoms with Gasteiger partial charge in [-0.3, -0.25) is 67.3 Å². The quantitative estimate of drug-likeness (QED) is 0.0187. The highest BCUT2D eigenvalue weighted by atomic mass is 32.2. The summed E-state index contributed by atoms with van der Waals surface area (Å²) in [4.78, 5) is 203. The number of aliphatic hydroxyl groups is 2. The van der Waals surface area contributed by atoms with Crippen LogP contribution in [0.4, 0.5) is 4.79 Å². The van der Waals surface area contributed by atoms with Crippen LogP contribution < -0.4 is 97.8 Å². The molecule has 14 amide bonds. The van der Waals surface area contributed by atoms with E-state index in [1.54, 1.807) is 86.8 Å². The predicted octanol–water partition coefficient (Wildman–Crippen LogP) is -3.93. The molecular formula is C77H110N22O16S. The molecule has 1 fully saturated rings. The van der Waals surface area contributed by atoms with E-state index in [1.807, 2.05) is 36.4 Å². The van der Waals surface area contributed by atoms with Crippen LogP contribution in [0.15, 0.2) is 107 Å². The Morgan fingerprint density at radius 1 is 0.621 bits per heavy atom. The lowest BCUT2D eigenvalue weighted by Crippen LogP contribution is -2.62. The first-order chi connectivity index (χ1) is 55.4. The minimum Gasteiger partial charge on any atom is -0.391 e. The summed E-state index contributed by atoms with van der Waals surface area (Å²) < 4.78 is 1.24. The number of nitrogens with zero attached hydrogens (tertiary/aromatic N) is 4. The Hall–Kier alpha value is -11.3. The van der Waals surface area contributed by atoms with Crippen LogP contribution in [0.3, 0.4) is 0 Å². The molecule has 6 rings (SSSR count). The largest absolute Gasteiger partial charge is 0.391 e. The van der Waals surface area contributed by atoms with Crippen molar-refractivity contribution in [2.75, 3.05) is 66.5 Å². The molecule has 5 aromatic rings. The van der Waals surface area contributed by atoms with E-state index in [2.05, 4.69) is 79.2 Å². The topological polar surface area (TPSA) is 600 Å². The van der Waals surface area contributed by atoms with E-state index in [-0.39, 0.29) is 109 Å². The third kappa shape index (κ3) is 28.9. The molecule has 0 aliphatic carbocycles. The second kappa shape index (κ2) is 47.5. The van der Waals surface area contributed by atoms with Gasteiger partial charge in [-0.15, -0.1) is 0 Å².